The maximum Gasteiger partial charge on any atom is 0.274 e. The first-order valence-electron chi connectivity index (χ1n) is 7.73. The SMILES string of the molecule is Cc1cc(C(=O)Nc2cccc(C#N)c2)nc(Nc2cccc(F)c2)n1. The van der Waals surface area contributed by atoms with Gasteiger partial charge in [-0.1, -0.05) is 12.1 Å². The van der Waals surface area contributed by atoms with Gasteiger partial charge in [-0.25, -0.2) is 14.4 Å². The smallest absolute Gasteiger partial charge is 0.274 e. The van der Waals surface area contributed by atoms with Gasteiger partial charge in [0.05, 0.1) is 11.6 Å². The van der Waals surface area contributed by atoms with Crippen molar-refractivity contribution < 1.29 is 9.18 Å². The van der Waals surface area contributed by atoms with Gasteiger partial charge in [0.15, 0.2) is 0 Å². The Hall–Kier alpha value is -3.79. The van der Waals surface area contributed by atoms with Crippen LogP contribution in [-0.2, 0) is 0 Å². The van der Waals surface area contributed by atoms with E-state index in [2.05, 4.69) is 20.6 Å². The Balaban J connectivity index is 1.82. The van der Waals surface area contributed by atoms with Gasteiger partial charge >= 0.3 is 0 Å². The van der Waals surface area contributed by atoms with Crippen molar-refractivity contribution in [2.45, 2.75) is 6.92 Å². The molecule has 1 heterocycles. The lowest BCUT2D eigenvalue weighted by Gasteiger charge is -2.09. The molecular formula is C19H14FN5O. The van der Waals surface area contributed by atoms with E-state index >= 15 is 0 Å². The number of carbonyl (C=O) groups excluding carboxylic acids is 1. The number of carbonyl (C=O) groups is 1. The standard InChI is InChI=1S/C19H14FN5O/c1-12-8-17(18(26)23-15-6-2-4-13(9-15)11-21)25-19(22-12)24-16-7-3-5-14(20)10-16/h2-10H,1H3,(H,23,26)(H,22,24,25). The Morgan fingerprint density at radius 2 is 1.85 bits per heavy atom. The van der Waals surface area contributed by atoms with Crippen molar-refractivity contribution in [3.8, 4) is 6.07 Å². The second kappa shape index (κ2) is 7.40. The van der Waals surface area contributed by atoms with Gasteiger partial charge < -0.3 is 10.6 Å². The number of nitrogens with zero attached hydrogens (tertiary/aromatic N) is 3. The van der Waals surface area contributed by atoms with Gasteiger partial charge in [0, 0.05) is 17.1 Å². The molecule has 0 spiro atoms. The Morgan fingerprint density at radius 1 is 1.08 bits per heavy atom. The summed E-state index contributed by atoms with van der Waals surface area (Å²) in [6.45, 7) is 1.73. The molecule has 0 fully saturated rings. The van der Waals surface area contributed by atoms with Gasteiger partial charge in [-0.3, -0.25) is 4.79 Å². The fourth-order valence-corrected chi connectivity index (χ4v) is 2.30. The lowest BCUT2D eigenvalue weighted by Crippen LogP contribution is -2.15. The van der Waals surface area contributed by atoms with Gasteiger partial charge in [0.2, 0.25) is 5.95 Å². The maximum absolute atomic E-state index is 13.3. The Kier molecular flexibility index (Phi) is 4.85. The summed E-state index contributed by atoms with van der Waals surface area (Å²) in [5.41, 5.74) is 2.14. The molecule has 1 amide bonds. The molecule has 0 saturated carbocycles. The molecule has 128 valence electrons. The largest absolute Gasteiger partial charge is 0.324 e. The topological polar surface area (TPSA) is 90.7 Å². The van der Waals surface area contributed by atoms with Crippen LogP contribution < -0.4 is 10.6 Å². The van der Waals surface area contributed by atoms with Crippen LogP contribution in [0.4, 0.5) is 21.7 Å². The normalized spacial score (nSPS) is 10.0. The number of benzene rings is 2. The number of aryl methyl sites for hydroxylation is 1. The van der Waals surface area contributed by atoms with Crippen LogP contribution in [0.25, 0.3) is 0 Å². The molecule has 2 aromatic carbocycles. The van der Waals surface area contributed by atoms with Crippen molar-refractivity contribution in [1.29, 1.82) is 5.26 Å². The molecule has 26 heavy (non-hydrogen) atoms. The molecule has 0 aliphatic rings. The number of hydrogen-bond acceptors (Lipinski definition) is 5. The zero-order chi connectivity index (χ0) is 18.5. The predicted molar refractivity (Wildman–Crippen MR) is 95.6 cm³/mol. The van der Waals surface area contributed by atoms with Crippen molar-refractivity contribution in [3.05, 3.63) is 77.4 Å². The molecule has 0 saturated heterocycles. The fourth-order valence-electron chi connectivity index (χ4n) is 2.30. The van der Waals surface area contributed by atoms with Crippen molar-refractivity contribution in [1.82, 2.24) is 9.97 Å². The minimum absolute atomic E-state index is 0.152. The molecule has 0 aliphatic heterocycles. The summed E-state index contributed by atoms with van der Waals surface area (Å²) in [4.78, 5) is 20.8. The second-order valence-corrected chi connectivity index (χ2v) is 5.50. The highest BCUT2D eigenvalue weighted by molar-refractivity contribution is 6.03. The Labute approximate surface area is 149 Å². The average molecular weight is 347 g/mol. The highest BCUT2D eigenvalue weighted by atomic mass is 19.1. The van der Waals surface area contributed by atoms with Crippen LogP contribution in [0.15, 0.2) is 54.6 Å². The summed E-state index contributed by atoms with van der Waals surface area (Å²) in [6.07, 6.45) is 0. The van der Waals surface area contributed by atoms with E-state index in [0.717, 1.165) is 0 Å². The van der Waals surface area contributed by atoms with E-state index in [4.69, 9.17) is 5.26 Å². The van der Waals surface area contributed by atoms with Crippen molar-refractivity contribution in [2.75, 3.05) is 10.6 Å². The highest BCUT2D eigenvalue weighted by Gasteiger charge is 2.12. The van der Waals surface area contributed by atoms with Gasteiger partial charge in [0.1, 0.15) is 11.5 Å². The molecule has 3 aromatic rings. The molecule has 0 atom stereocenters. The van der Waals surface area contributed by atoms with Crippen molar-refractivity contribution in [3.63, 3.8) is 0 Å². The molecule has 6 nitrogen and oxygen atoms in total. The fraction of sp³-hybridized carbons (Fsp3) is 0.0526. The summed E-state index contributed by atoms with van der Waals surface area (Å²) in [5.74, 6) is -0.641. The first-order chi connectivity index (χ1) is 12.5. The van der Waals surface area contributed by atoms with E-state index < -0.39 is 11.7 Å². The molecular weight excluding hydrogens is 333 g/mol. The first-order valence-corrected chi connectivity index (χ1v) is 7.73. The number of hydrogen-bond donors (Lipinski definition) is 2. The van der Waals surface area contributed by atoms with Crippen LogP contribution in [0.1, 0.15) is 21.7 Å². The first kappa shape index (κ1) is 17.0. The average Bonchev–Trinajstić information content (AvgIpc) is 2.61. The summed E-state index contributed by atoms with van der Waals surface area (Å²) in [7, 11) is 0. The number of nitrogens with one attached hydrogen (secondary N) is 2. The van der Waals surface area contributed by atoms with E-state index in [1.807, 2.05) is 6.07 Å². The lowest BCUT2D eigenvalue weighted by molar-refractivity contribution is 0.102. The van der Waals surface area contributed by atoms with Crippen LogP contribution in [0.2, 0.25) is 0 Å². The minimum atomic E-state index is -0.437. The second-order valence-electron chi connectivity index (χ2n) is 5.50. The molecule has 0 bridgehead atoms. The molecule has 2 N–H and O–H groups in total. The van der Waals surface area contributed by atoms with Crippen LogP contribution in [-0.4, -0.2) is 15.9 Å². The Bertz CT molecular complexity index is 1010. The number of rotatable bonds is 4. The number of nitriles is 1. The van der Waals surface area contributed by atoms with Crippen LogP contribution in [0, 0.1) is 24.1 Å². The Morgan fingerprint density at radius 3 is 2.62 bits per heavy atom. The minimum Gasteiger partial charge on any atom is -0.324 e. The quantitative estimate of drug-likeness (QED) is 0.749. The van der Waals surface area contributed by atoms with Crippen molar-refractivity contribution in [2.24, 2.45) is 0 Å². The van der Waals surface area contributed by atoms with Crippen LogP contribution in [0.5, 0.6) is 0 Å². The zero-order valence-electron chi connectivity index (χ0n) is 13.8. The third-order valence-corrected chi connectivity index (χ3v) is 3.42. The number of aromatic nitrogens is 2. The van der Waals surface area contributed by atoms with E-state index in [1.54, 1.807) is 49.4 Å². The summed E-state index contributed by atoms with van der Waals surface area (Å²) >= 11 is 0. The van der Waals surface area contributed by atoms with E-state index in [9.17, 15) is 9.18 Å². The summed E-state index contributed by atoms with van der Waals surface area (Å²) in [5, 5.41) is 14.5. The molecule has 0 unspecified atom stereocenters. The van der Waals surface area contributed by atoms with E-state index in [-0.39, 0.29) is 11.6 Å². The molecule has 3 rings (SSSR count). The monoisotopic (exact) mass is 347 g/mol. The van der Waals surface area contributed by atoms with Crippen LogP contribution in [0.3, 0.4) is 0 Å². The molecule has 0 aliphatic carbocycles. The highest BCUT2D eigenvalue weighted by Crippen LogP contribution is 2.16. The third kappa shape index (κ3) is 4.19. The lowest BCUT2D eigenvalue weighted by atomic mass is 10.2. The summed E-state index contributed by atoms with van der Waals surface area (Å²) in [6, 6.07) is 16.0. The van der Waals surface area contributed by atoms with E-state index in [1.165, 1.54) is 12.1 Å². The van der Waals surface area contributed by atoms with Gasteiger partial charge in [-0.15, -0.1) is 0 Å². The zero-order valence-corrected chi connectivity index (χ0v) is 13.8. The third-order valence-electron chi connectivity index (χ3n) is 3.42. The number of halogens is 1. The maximum atomic E-state index is 13.3. The number of amides is 1. The summed E-state index contributed by atoms with van der Waals surface area (Å²) < 4.78 is 13.3. The molecule has 1 aromatic heterocycles. The molecule has 7 heteroatoms. The van der Waals surface area contributed by atoms with Crippen molar-refractivity contribution >= 4 is 23.2 Å². The van der Waals surface area contributed by atoms with Gasteiger partial charge in [-0.05, 0) is 49.4 Å². The number of anilines is 3. The molecule has 0 radical (unpaired) electrons. The van der Waals surface area contributed by atoms with Gasteiger partial charge in [-0.2, -0.15) is 5.26 Å². The predicted octanol–water partition coefficient (Wildman–Crippen LogP) is 3.79. The van der Waals surface area contributed by atoms with Crippen LogP contribution >= 0.6 is 0 Å². The van der Waals surface area contributed by atoms with Gasteiger partial charge in [0.25, 0.3) is 5.91 Å². The van der Waals surface area contributed by atoms with E-state index in [0.29, 0.717) is 22.6 Å².